The normalized spacial score (nSPS) is 15.4. The van der Waals surface area contributed by atoms with Crippen LogP contribution in [0.25, 0.3) is 0 Å². The van der Waals surface area contributed by atoms with Crippen molar-refractivity contribution in [2.24, 2.45) is 0 Å². The molecule has 0 aliphatic rings. The van der Waals surface area contributed by atoms with Crippen LogP contribution in [0.5, 0.6) is 0 Å². The number of hydrogen-bond acceptors (Lipinski definition) is 1. The van der Waals surface area contributed by atoms with Crippen LogP contribution in [-0.4, -0.2) is 11.1 Å². The van der Waals surface area contributed by atoms with Crippen molar-refractivity contribution >= 4 is 5.97 Å². The maximum absolute atomic E-state index is 10.7. The fourth-order valence-electron chi connectivity index (χ4n) is 0.803. The van der Waals surface area contributed by atoms with E-state index in [1.54, 1.807) is 30.3 Å². The number of hydrogen-bond donors (Lipinski definition) is 1. The summed E-state index contributed by atoms with van der Waals surface area (Å²) in [6.45, 7) is -1.38. The molecular weight excluding hydrogens is 140 g/mol. The van der Waals surface area contributed by atoms with Gasteiger partial charge < -0.3 is 5.11 Å². The third kappa shape index (κ3) is 1.80. The number of benzene rings is 1. The average Bonchev–Trinajstić information content (AvgIpc) is 2.04. The van der Waals surface area contributed by atoms with Crippen LogP contribution in [0, 0.1) is 0 Å². The van der Waals surface area contributed by atoms with E-state index < -0.39 is 18.8 Å². The topological polar surface area (TPSA) is 37.3 Å². The highest BCUT2D eigenvalue weighted by molar-refractivity contribution is 5.75. The summed E-state index contributed by atoms with van der Waals surface area (Å²) in [7, 11) is 0. The van der Waals surface area contributed by atoms with Crippen molar-refractivity contribution in [1.29, 1.82) is 0 Å². The largest absolute Gasteiger partial charge is 0.481 e. The van der Waals surface area contributed by atoms with Crippen LogP contribution in [0.4, 0.5) is 0 Å². The fourth-order valence-corrected chi connectivity index (χ4v) is 0.803. The lowest BCUT2D eigenvalue weighted by atomic mass is 10.0. The third-order valence-electron chi connectivity index (χ3n) is 1.42. The molecule has 0 saturated carbocycles. The van der Waals surface area contributed by atoms with Gasteiger partial charge in [-0.1, -0.05) is 30.3 Å². The van der Waals surface area contributed by atoms with Crippen LogP contribution in [-0.2, 0) is 4.79 Å². The van der Waals surface area contributed by atoms with Crippen molar-refractivity contribution in [3.05, 3.63) is 35.9 Å². The Bertz CT molecular complexity index is 285. The van der Waals surface area contributed by atoms with Gasteiger partial charge in [-0.3, -0.25) is 4.79 Å². The van der Waals surface area contributed by atoms with E-state index in [0.29, 0.717) is 5.56 Å². The summed E-state index contributed by atoms with van der Waals surface area (Å²) >= 11 is 0. The molecule has 2 nitrogen and oxygen atoms in total. The van der Waals surface area contributed by atoms with Crippen molar-refractivity contribution in [3.63, 3.8) is 0 Å². The zero-order valence-electron chi connectivity index (χ0n) is 7.90. The summed E-state index contributed by atoms with van der Waals surface area (Å²) in [5, 5.41) is 8.76. The summed E-state index contributed by atoms with van der Waals surface area (Å²) in [4.78, 5) is 10.7. The molecule has 0 spiro atoms. The van der Waals surface area contributed by atoms with Crippen LogP contribution in [0.2, 0.25) is 0 Å². The lowest BCUT2D eigenvalue weighted by molar-refractivity contribution is -0.138. The molecular formula is C9H10O2. The van der Waals surface area contributed by atoms with Crippen LogP contribution >= 0.6 is 0 Å². The molecule has 1 aromatic rings. The Balaban J connectivity index is 2.96. The lowest BCUT2D eigenvalue weighted by Crippen LogP contribution is -2.06. The van der Waals surface area contributed by atoms with Crippen LogP contribution in [0.15, 0.2) is 30.3 Å². The number of carboxylic acids is 1. The molecule has 11 heavy (non-hydrogen) atoms. The van der Waals surface area contributed by atoms with Crippen molar-refractivity contribution in [3.8, 4) is 0 Å². The Morgan fingerprint density at radius 1 is 1.55 bits per heavy atom. The van der Waals surface area contributed by atoms with Gasteiger partial charge in [-0.25, -0.2) is 0 Å². The molecule has 1 aromatic carbocycles. The Labute approximate surface area is 68.3 Å². The van der Waals surface area contributed by atoms with Gasteiger partial charge in [0.15, 0.2) is 0 Å². The molecule has 0 radical (unpaired) electrons. The minimum Gasteiger partial charge on any atom is -0.481 e. The molecule has 1 atom stereocenters. The van der Waals surface area contributed by atoms with Gasteiger partial charge in [0.2, 0.25) is 0 Å². The van der Waals surface area contributed by atoms with E-state index in [1.807, 2.05) is 0 Å². The van der Waals surface area contributed by atoms with Gasteiger partial charge in [0.1, 0.15) is 0 Å². The van der Waals surface area contributed by atoms with Crippen LogP contribution in [0.3, 0.4) is 0 Å². The molecule has 1 unspecified atom stereocenters. The van der Waals surface area contributed by atoms with Crippen molar-refractivity contribution in [1.82, 2.24) is 0 Å². The Morgan fingerprint density at radius 3 is 2.64 bits per heavy atom. The predicted molar refractivity (Wildman–Crippen MR) is 42.5 cm³/mol. The van der Waals surface area contributed by atoms with Crippen LogP contribution < -0.4 is 0 Å². The van der Waals surface area contributed by atoms with E-state index in [-0.39, 0.29) is 0 Å². The lowest BCUT2D eigenvalue weighted by Gasteiger charge is -2.04. The molecule has 0 aliphatic carbocycles. The quantitative estimate of drug-likeness (QED) is 0.702. The highest BCUT2D eigenvalue weighted by atomic mass is 16.4. The molecule has 2 heteroatoms. The van der Waals surface area contributed by atoms with Gasteiger partial charge in [0.25, 0.3) is 0 Å². The molecule has 0 saturated heterocycles. The first-order chi connectivity index (χ1) is 6.13. The first-order valence-electron chi connectivity index (χ1n) is 4.40. The number of carboxylic acid groups (broad SMARTS) is 1. The monoisotopic (exact) mass is 152 g/mol. The molecule has 0 heterocycles. The van der Waals surface area contributed by atoms with E-state index in [1.165, 1.54) is 0 Å². The average molecular weight is 152 g/mol. The van der Waals surface area contributed by atoms with Gasteiger partial charge in [-0.05, 0) is 12.4 Å². The molecule has 1 rings (SSSR count). The van der Waals surface area contributed by atoms with Gasteiger partial charge in [0.05, 0.1) is 5.92 Å². The zero-order valence-corrected chi connectivity index (χ0v) is 5.90. The van der Waals surface area contributed by atoms with E-state index >= 15 is 0 Å². The van der Waals surface area contributed by atoms with Gasteiger partial charge in [-0.2, -0.15) is 0 Å². The molecule has 0 bridgehead atoms. The Kier molecular flexibility index (Phi) is 1.55. The number of aliphatic carboxylic acids is 1. The molecule has 0 aliphatic heterocycles. The summed E-state index contributed by atoms with van der Waals surface area (Å²) in [5.74, 6) is -2.18. The van der Waals surface area contributed by atoms with E-state index in [0.717, 1.165) is 0 Å². The summed E-state index contributed by atoms with van der Waals surface area (Å²) in [5.41, 5.74) is 0.505. The summed E-state index contributed by atoms with van der Waals surface area (Å²) in [6, 6.07) is 8.41. The summed E-state index contributed by atoms with van der Waals surface area (Å²) < 4.78 is 14.2. The fraction of sp³-hybridized carbons (Fsp3) is 0.222. The third-order valence-corrected chi connectivity index (χ3v) is 1.42. The van der Waals surface area contributed by atoms with Crippen LogP contribution in [0.1, 0.15) is 21.1 Å². The standard InChI is InChI=1S/C9H10O2/c1-7(9(10)11)8-5-3-2-4-6-8/h2-7H,1H3,(H,10,11)/i1D2. The second kappa shape index (κ2) is 3.19. The first kappa shape index (κ1) is 5.35. The minimum absolute atomic E-state index is 0.505. The molecule has 0 amide bonds. The SMILES string of the molecule is [2H]C([2H])C(C(=O)O)c1ccccc1. The van der Waals surface area contributed by atoms with E-state index in [2.05, 4.69) is 0 Å². The molecule has 0 aromatic heterocycles. The molecule has 58 valence electrons. The maximum Gasteiger partial charge on any atom is 0.310 e. The first-order valence-corrected chi connectivity index (χ1v) is 3.25. The highest BCUT2D eigenvalue weighted by Crippen LogP contribution is 2.13. The summed E-state index contributed by atoms with van der Waals surface area (Å²) in [6.07, 6.45) is 0. The van der Waals surface area contributed by atoms with Gasteiger partial charge >= 0.3 is 5.97 Å². The minimum atomic E-state index is -1.38. The smallest absolute Gasteiger partial charge is 0.310 e. The van der Waals surface area contributed by atoms with Crippen molar-refractivity contribution < 1.29 is 12.6 Å². The second-order valence-electron chi connectivity index (χ2n) is 2.23. The predicted octanol–water partition coefficient (Wildman–Crippen LogP) is 1.87. The Morgan fingerprint density at radius 2 is 2.18 bits per heavy atom. The van der Waals surface area contributed by atoms with E-state index in [9.17, 15) is 4.79 Å². The molecule has 1 N–H and O–H groups in total. The maximum atomic E-state index is 10.7. The highest BCUT2D eigenvalue weighted by Gasteiger charge is 2.11. The van der Waals surface area contributed by atoms with Gasteiger partial charge in [0, 0.05) is 2.74 Å². The second-order valence-corrected chi connectivity index (χ2v) is 2.23. The van der Waals surface area contributed by atoms with E-state index in [4.69, 9.17) is 7.85 Å². The zero-order chi connectivity index (χ0) is 9.84. The Hall–Kier alpha value is -1.31. The molecule has 0 fully saturated rings. The van der Waals surface area contributed by atoms with Crippen molar-refractivity contribution in [2.45, 2.75) is 12.8 Å². The number of carbonyl (C=O) groups is 1. The van der Waals surface area contributed by atoms with Crippen molar-refractivity contribution in [2.75, 3.05) is 0 Å². The van der Waals surface area contributed by atoms with Gasteiger partial charge in [-0.15, -0.1) is 0 Å². The number of rotatable bonds is 2.